The predicted molar refractivity (Wildman–Crippen MR) is 100 cm³/mol. The van der Waals surface area contributed by atoms with Crippen LogP contribution in [0.4, 0.5) is 0 Å². The molecule has 1 fully saturated rings. The van der Waals surface area contributed by atoms with E-state index in [0.717, 1.165) is 25.7 Å². The predicted octanol–water partition coefficient (Wildman–Crippen LogP) is 2.98. The average molecular weight is 345 g/mol. The SMILES string of the molecule is N#C[C@@H]1CCCN1C(=O)CNC1c2ccccc2CCc2ccccc21. The second-order valence-electron chi connectivity index (χ2n) is 7.09. The van der Waals surface area contributed by atoms with Gasteiger partial charge >= 0.3 is 0 Å². The molecule has 1 amide bonds. The zero-order chi connectivity index (χ0) is 17.9. The molecule has 2 aromatic carbocycles. The van der Waals surface area contributed by atoms with Gasteiger partial charge in [0.2, 0.25) is 5.91 Å². The van der Waals surface area contributed by atoms with Crippen LogP contribution in [0.25, 0.3) is 0 Å². The van der Waals surface area contributed by atoms with Gasteiger partial charge in [-0.3, -0.25) is 10.1 Å². The van der Waals surface area contributed by atoms with Gasteiger partial charge in [0.15, 0.2) is 0 Å². The molecule has 2 aliphatic rings. The zero-order valence-electron chi connectivity index (χ0n) is 14.8. The fourth-order valence-corrected chi connectivity index (χ4v) is 4.23. The summed E-state index contributed by atoms with van der Waals surface area (Å²) >= 11 is 0. The van der Waals surface area contributed by atoms with E-state index in [0.29, 0.717) is 6.54 Å². The van der Waals surface area contributed by atoms with Crippen LogP contribution in [0, 0.1) is 11.3 Å². The average Bonchev–Trinajstić information content (AvgIpc) is 3.10. The number of hydrogen-bond acceptors (Lipinski definition) is 3. The normalized spacial score (nSPS) is 19.3. The van der Waals surface area contributed by atoms with Crippen molar-refractivity contribution in [3.05, 3.63) is 70.8 Å². The first-order valence-electron chi connectivity index (χ1n) is 9.36. The minimum absolute atomic E-state index is 0.0111. The van der Waals surface area contributed by atoms with E-state index in [9.17, 15) is 10.1 Å². The van der Waals surface area contributed by atoms with Crippen LogP contribution in [0.1, 0.15) is 41.1 Å². The minimum atomic E-state index is -0.266. The number of nitrogens with zero attached hydrogens (tertiary/aromatic N) is 2. The number of rotatable bonds is 3. The van der Waals surface area contributed by atoms with Crippen LogP contribution in [-0.4, -0.2) is 29.9 Å². The molecule has 1 atom stereocenters. The minimum Gasteiger partial charge on any atom is -0.326 e. The number of carbonyl (C=O) groups is 1. The summed E-state index contributed by atoms with van der Waals surface area (Å²) in [5, 5.41) is 12.7. The lowest BCUT2D eigenvalue weighted by Gasteiger charge is -2.24. The molecular weight excluding hydrogens is 322 g/mol. The molecular formula is C22H23N3O. The van der Waals surface area contributed by atoms with Crippen molar-refractivity contribution in [2.75, 3.05) is 13.1 Å². The lowest BCUT2D eigenvalue weighted by molar-refractivity contribution is -0.130. The van der Waals surface area contributed by atoms with Crippen LogP contribution in [-0.2, 0) is 17.6 Å². The Morgan fingerprint density at radius 3 is 2.31 bits per heavy atom. The fraction of sp³-hybridized carbons (Fsp3) is 0.364. The highest BCUT2D eigenvalue weighted by atomic mass is 16.2. The van der Waals surface area contributed by atoms with Gasteiger partial charge in [0.05, 0.1) is 18.7 Å². The molecule has 2 aromatic rings. The van der Waals surface area contributed by atoms with Crippen LogP contribution in [0.15, 0.2) is 48.5 Å². The van der Waals surface area contributed by atoms with Crippen molar-refractivity contribution in [2.24, 2.45) is 0 Å². The van der Waals surface area contributed by atoms with Crippen molar-refractivity contribution >= 4 is 5.91 Å². The number of nitrogens with one attached hydrogen (secondary N) is 1. The molecule has 132 valence electrons. The molecule has 26 heavy (non-hydrogen) atoms. The van der Waals surface area contributed by atoms with Crippen LogP contribution in [0.5, 0.6) is 0 Å². The summed E-state index contributed by atoms with van der Waals surface area (Å²) in [5.74, 6) is 0.0215. The molecule has 0 unspecified atom stereocenters. The van der Waals surface area contributed by atoms with Crippen LogP contribution in [0.2, 0.25) is 0 Å². The monoisotopic (exact) mass is 345 g/mol. The lowest BCUT2D eigenvalue weighted by atomic mass is 9.94. The Morgan fingerprint density at radius 2 is 1.69 bits per heavy atom. The molecule has 4 heteroatoms. The first kappa shape index (κ1) is 16.8. The number of hydrogen-bond donors (Lipinski definition) is 1. The van der Waals surface area contributed by atoms with E-state index < -0.39 is 0 Å². The van der Waals surface area contributed by atoms with E-state index >= 15 is 0 Å². The van der Waals surface area contributed by atoms with E-state index in [-0.39, 0.29) is 24.5 Å². The molecule has 0 saturated carbocycles. The second-order valence-corrected chi connectivity index (χ2v) is 7.09. The summed E-state index contributed by atoms with van der Waals surface area (Å²) in [4.78, 5) is 14.4. The summed E-state index contributed by atoms with van der Waals surface area (Å²) < 4.78 is 0. The Labute approximate surface area is 154 Å². The molecule has 0 aromatic heterocycles. The van der Waals surface area contributed by atoms with Crippen molar-refractivity contribution in [3.63, 3.8) is 0 Å². The number of fused-ring (bicyclic) bond motifs is 2. The van der Waals surface area contributed by atoms with E-state index in [4.69, 9.17) is 0 Å². The van der Waals surface area contributed by atoms with Gasteiger partial charge in [-0.15, -0.1) is 0 Å². The van der Waals surface area contributed by atoms with Crippen molar-refractivity contribution in [1.82, 2.24) is 10.2 Å². The fourth-order valence-electron chi connectivity index (χ4n) is 4.23. The maximum atomic E-state index is 12.7. The molecule has 0 spiro atoms. The topological polar surface area (TPSA) is 56.1 Å². The number of amides is 1. The van der Waals surface area contributed by atoms with Crippen molar-refractivity contribution in [3.8, 4) is 6.07 Å². The van der Waals surface area contributed by atoms with E-state index in [2.05, 4.69) is 59.9 Å². The first-order valence-corrected chi connectivity index (χ1v) is 9.36. The van der Waals surface area contributed by atoms with Gasteiger partial charge in [0, 0.05) is 6.54 Å². The van der Waals surface area contributed by atoms with Gasteiger partial charge in [0.1, 0.15) is 6.04 Å². The Balaban J connectivity index is 1.59. The number of benzene rings is 2. The largest absolute Gasteiger partial charge is 0.326 e. The molecule has 0 radical (unpaired) electrons. The molecule has 1 heterocycles. The summed E-state index contributed by atoms with van der Waals surface area (Å²) in [6, 6.07) is 19.0. The van der Waals surface area contributed by atoms with Gasteiger partial charge in [-0.05, 0) is 47.9 Å². The maximum absolute atomic E-state index is 12.7. The van der Waals surface area contributed by atoms with Crippen molar-refractivity contribution in [1.29, 1.82) is 5.26 Å². The Morgan fingerprint density at radius 1 is 1.08 bits per heavy atom. The molecule has 4 nitrogen and oxygen atoms in total. The highest BCUT2D eigenvalue weighted by Crippen LogP contribution is 2.32. The van der Waals surface area contributed by atoms with E-state index in [1.807, 2.05) is 0 Å². The lowest BCUT2D eigenvalue weighted by Crippen LogP contribution is -2.41. The zero-order valence-corrected chi connectivity index (χ0v) is 14.8. The van der Waals surface area contributed by atoms with Crippen LogP contribution >= 0.6 is 0 Å². The molecule has 1 saturated heterocycles. The second kappa shape index (κ2) is 7.31. The van der Waals surface area contributed by atoms with Gasteiger partial charge in [-0.25, -0.2) is 0 Å². The molecule has 1 aliphatic heterocycles. The van der Waals surface area contributed by atoms with E-state index in [1.54, 1.807) is 4.90 Å². The smallest absolute Gasteiger partial charge is 0.237 e. The van der Waals surface area contributed by atoms with E-state index in [1.165, 1.54) is 22.3 Å². The molecule has 1 N–H and O–H groups in total. The summed E-state index contributed by atoms with van der Waals surface area (Å²) in [6.45, 7) is 0.947. The highest BCUT2D eigenvalue weighted by Gasteiger charge is 2.29. The van der Waals surface area contributed by atoms with Crippen LogP contribution < -0.4 is 5.32 Å². The number of nitriles is 1. The molecule has 1 aliphatic carbocycles. The van der Waals surface area contributed by atoms with Gasteiger partial charge < -0.3 is 4.90 Å². The number of carbonyl (C=O) groups excluding carboxylic acids is 1. The summed E-state index contributed by atoms with van der Waals surface area (Å²) in [6.07, 6.45) is 3.74. The third-order valence-corrected chi connectivity index (χ3v) is 5.58. The standard InChI is InChI=1S/C22H23N3O/c23-14-18-8-5-13-25(18)21(26)15-24-22-19-9-3-1-6-16(19)11-12-17-7-2-4-10-20(17)22/h1-4,6-7,9-10,18,22,24H,5,8,11-13,15H2/t18-/m0/s1. The molecule has 4 rings (SSSR count). The Bertz CT molecular complexity index is 807. The van der Waals surface area contributed by atoms with Gasteiger partial charge in [0.25, 0.3) is 0 Å². The van der Waals surface area contributed by atoms with Crippen molar-refractivity contribution < 1.29 is 4.79 Å². The first-order chi connectivity index (χ1) is 12.8. The van der Waals surface area contributed by atoms with Crippen molar-refractivity contribution in [2.45, 2.75) is 37.8 Å². The summed E-state index contributed by atoms with van der Waals surface area (Å²) in [5.41, 5.74) is 5.18. The highest BCUT2D eigenvalue weighted by molar-refractivity contribution is 5.79. The third-order valence-electron chi connectivity index (χ3n) is 5.58. The number of aryl methyl sites for hydroxylation is 2. The van der Waals surface area contributed by atoms with Gasteiger partial charge in [-0.2, -0.15) is 5.26 Å². The summed E-state index contributed by atoms with van der Waals surface area (Å²) in [7, 11) is 0. The Hall–Kier alpha value is -2.64. The molecule has 0 bridgehead atoms. The Kier molecular flexibility index (Phi) is 4.73. The van der Waals surface area contributed by atoms with Gasteiger partial charge in [-0.1, -0.05) is 48.5 Å². The third kappa shape index (κ3) is 3.11. The quantitative estimate of drug-likeness (QED) is 0.930. The maximum Gasteiger partial charge on any atom is 0.237 e. The number of likely N-dealkylation sites (tertiary alicyclic amines) is 1. The van der Waals surface area contributed by atoms with Crippen LogP contribution in [0.3, 0.4) is 0 Å².